The number of hydrogen-bond donors (Lipinski definition) is 3. The number of nitrogen functional groups attached to an aromatic ring is 1. The maximum Gasteiger partial charge on any atom is 0.341 e. The summed E-state index contributed by atoms with van der Waals surface area (Å²) in [5.74, 6) is -1.65. The third kappa shape index (κ3) is 2.45. The third-order valence-electron chi connectivity index (χ3n) is 5.49. The molecule has 144 valence electrons. The topological polar surface area (TPSA) is 124 Å². The molecule has 2 aliphatic rings. The molecular weight excluding hydrogens is 355 g/mol. The molecule has 1 saturated heterocycles. The first kappa shape index (κ1) is 17.6. The Hall–Kier alpha value is -2.81. The van der Waals surface area contributed by atoms with Gasteiger partial charge in [-0.2, -0.15) is 0 Å². The molecule has 9 heteroatoms. The van der Waals surface area contributed by atoms with Gasteiger partial charge in [0, 0.05) is 19.3 Å². The maximum atomic E-state index is 15.3. The number of carbonyl (C=O) groups is 1. The Labute approximate surface area is 154 Å². The molecule has 2 aliphatic heterocycles. The summed E-state index contributed by atoms with van der Waals surface area (Å²) in [5, 5.41) is 9.22. The molecule has 8 nitrogen and oxygen atoms in total. The Morgan fingerprint density at radius 3 is 2.85 bits per heavy atom. The zero-order valence-corrected chi connectivity index (χ0v) is 14.9. The van der Waals surface area contributed by atoms with Crippen LogP contribution in [-0.2, 0) is 0 Å². The molecule has 0 bridgehead atoms. The quantitative estimate of drug-likeness (QED) is 0.687. The van der Waals surface area contributed by atoms with Gasteiger partial charge in [-0.3, -0.25) is 4.79 Å². The summed E-state index contributed by atoms with van der Waals surface area (Å²) in [6.07, 6.45) is 2.12. The van der Waals surface area contributed by atoms with Crippen molar-refractivity contribution in [2.24, 2.45) is 11.7 Å². The fourth-order valence-electron chi connectivity index (χ4n) is 3.99. The van der Waals surface area contributed by atoms with Crippen molar-refractivity contribution in [3.05, 3.63) is 27.8 Å². The van der Waals surface area contributed by atoms with Crippen molar-refractivity contribution in [2.45, 2.75) is 19.4 Å². The molecule has 1 aromatic heterocycles. The molecule has 27 heavy (non-hydrogen) atoms. The molecule has 2 atom stereocenters. The predicted octanol–water partition coefficient (Wildman–Crippen LogP) is 1.16. The van der Waals surface area contributed by atoms with E-state index in [0.717, 1.165) is 6.42 Å². The van der Waals surface area contributed by atoms with Gasteiger partial charge in [0.15, 0.2) is 11.6 Å². The van der Waals surface area contributed by atoms with Gasteiger partial charge in [-0.1, -0.05) is 0 Å². The smallest absolute Gasteiger partial charge is 0.341 e. The number of carboxylic acids is 1. The largest absolute Gasteiger partial charge is 0.487 e. The summed E-state index contributed by atoms with van der Waals surface area (Å²) >= 11 is 0. The Balaban J connectivity index is 2.07. The number of pyridine rings is 1. The van der Waals surface area contributed by atoms with Crippen molar-refractivity contribution in [3.63, 3.8) is 0 Å². The minimum atomic E-state index is -1.37. The summed E-state index contributed by atoms with van der Waals surface area (Å²) < 4.78 is 22.7. The lowest BCUT2D eigenvalue weighted by atomic mass is 10.0. The lowest BCUT2D eigenvalue weighted by molar-refractivity contribution is 0.0694. The van der Waals surface area contributed by atoms with Crippen molar-refractivity contribution in [3.8, 4) is 5.75 Å². The number of halogens is 1. The summed E-state index contributed by atoms with van der Waals surface area (Å²) in [6, 6.07) is -0.230. The van der Waals surface area contributed by atoms with Crippen LogP contribution in [0.2, 0.25) is 0 Å². The highest BCUT2D eigenvalue weighted by Crippen LogP contribution is 2.46. The molecule has 0 radical (unpaired) electrons. The minimum Gasteiger partial charge on any atom is -0.487 e. The molecule has 0 amide bonds. The van der Waals surface area contributed by atoms with E-state index < -0.39 is 22.8 Å². The molecule has 5 N–H and O–H groups in total. The van der Waals surface area contributed by atoms with Crippen LogP contribution in [0, 0.1) is 11.7 Å². The number of nitrogens with two attached hydrogens (primary N) is 2. The van der Waals surface area contributed by atoms with Crippen LogP contribution in [0.15, 0.2) is 11.0 Å². The van der Waals surface area contributed by atoms with E-state index in [1.807, 2.05) is 11.8 Å². The molecular formula is C18H21FN4O4. The highest BCUT2D eigenvalue weighted by molar-refractivity contribution is 6.03. The number of aromatic nitrogens is 1. The van der Waals surface area contributed by atoms with Crippen molar-refractivity contribution in [1.82, 2.24) is 4.57 Å². The van der Waals surface area contributed by atoms with Crippen LogP contribution >= 0.6 is 0 Å². The van der Waals surface area contributed by atoms with Crippen LogP contribution < -0.4 is 26.5 Å². The molecule has 2 unspecified atom stereocenters. The SMILES string of the molecule is CC1COc2c(N3CCC(CN)C3)c(F)c(N)c3c(=O)c(C(=O)O)cn1c23. The first-order valence-corrected chi connectivity index (χ1v) is 8.86. The van der Waals surface area contributed by atoms with E-state index in [9.17, 15) is 14.7 Å². The molecule has 4 rings (SSSR count). The zero-order chi connectivity index (χ0) is 19.5. The Morgan fingerprint density at radius 2 is 2.22 bits per heavy atom. The molecule has 3 heterocycles. The third-order valence-corrected chi connectivity index (χ3v) is 5.49. The van der Waals surface area contributed by atoms with E-state index in [2.05, 4.69) is 0 Å². The monoisotopic (exact) mass is 376 g/mol. The first-order valence-electron chi connectivity index (χ1n) is 8.86. The summed E-state index contributed by atoms with van der Waals surface area (Å²) in [5.41, 5.74) is 10.7. The first-order chi connectivity index (χ1) is 12.8. The number of hydrogen-bond acceptors (Lipinski definition) is 6. The number of nitrogens with zero attached hydrogens (tertiary/aromatic N) is 2. The van der Waals surface area contributed by atoms with E-state index in [0.29, 0.717) is 25.2 Å². The number of rotatable bonds is 3. The van der Waals surface area contributed by atoms with E-state index >= 15 is 4.39 Å². The zero-order valence-electron chi connectivity index (χ0n) is 14.9. The van der Waals surface area contributed by atoms with E-state index in [1.165, 1.54) is 6.20 Å². The fourth-order valence-corrected chi connectivity index (χ4v) is 3.99. The Morgan fingerprint density at radius 1 is 1.48 bits per heavy atom. The lowest BCUT2D eigenvalue weighted by Crippen LogP contribution is -2.30. The van der Waals surface area contributed by atoms with Crippen molar-refractivity contribution < 1.29 is 19.0 Å². The second kappa shape index (κ2) is 6.12. The van der Waals surface area contributed by atoms with Gasteiger partial charge in [0.25, 0.3) is 0 Å². The Bertz CT molecular complexity index is 1020. The standard InChI is InChI=1S/C18H21FN4O4/c1-8-7-27-17-14-11(16(24)10(18(25)26)6-23(8)14)13(21)12(19)15(17)22-3-2-9(4-20)5-22/h6,8-9H,2-5,7,20-21H2,1H3,(H,25,26). The fraction of sp³-hybridized carbons (Fsp3) is 0.444. The second-order valence-electron chi connectivity index (χ2n) is 7.21. The number of anilines is 2. The number of benzene rings is 1. The van der Waals surface area contributed by atoms with Gasteiger partial charge in [0.2, 0.25) is 5.43 Å². The average Bonchev–Trinajstić information content (AvgIpc) is 3.10. The number of aromatic carboxylic acids is 1. The molecule has 1 aromatic carbocycles. The van der Waals surface area contributed by atoms with Crippen LogP contribution in [0.3, 0.4) is 0 Å². The molecule has 2 aromatic rings. The van der Waals surface area contributed by atoms with Crippen LogP contribution in [0.4, 0.5) is 15.8 Å². The van der Waals surface area contributed by atoms with E-state index in [4.69, 9.17) is 16.2 Å². The summed E-state index contributed by atoms with van der Waals surface area (Å²) in [6.45, 7) is 3.74. The van der Waals surface area contributed by atoms with Gasteiger partial charge in [-0.25, -0.2) is 9.18 Å². The van der Waals surface area contributed by atoms with Gasteiger partial charge in [-0.15, -0.1) is 0 Å². The van der Waals surface area contributed by atoms with Crippen LogP contribution in [0.5, 0.6) is 5.75 Å². The molecule has 0 saturated carbocycles. The molecule has 1 fully saturated rings. The van der Waals surface area contributed by atoms with Gasteiger partial charge >= 0.3 is 5.97 Å². The second-order valence-corrected chi connectivity index (χ2v) is 7.21. The van der Waals surface area contributed by atoms with Crippen molar-refractivity contribution in [2.75, 3.05) is 36.9 Å². The van der Waals surface area contributed by atoms with Gasteiger partial charge in [-0.05, 0) is 25.8 Å². The maximum absolute atomic E-state index is 15.3. The van der Waals surface area contributed by atoms with Crippen molar-refractivity contribution in [1.29, 1.82) is 0 Å². The highest BCUT2D eigenvalue weighted by atomic mass is 19.1. The summed E-state index contributed by atoms with van der Waals surface area (Å²) in [4.78, 5) is 26.0. The van der Waals surface area contributed by atoms with Crippen LogP contribution in [-0.4, -0.2) is 41.9 Å². The predicted molar refractivity (Wildman–Crippen MR) is 99.1 cm³/mol. The molecule has 0 spiro atoms. The normalized spacial score (nSPS) is 21.5. The number of ether oxygens (including phenoxy) is 1. The average molecular weight is 376 g/mol. The van der Waals surface area contributed by atoms with Crippen LogP contribution in [0.1, 0.15) is 29.7 Å². The lowest BCUT2D eigenvalue weighted by Gasteiger charge is -2.31. The van der Waals surface area contributed by atoms with Gasteiger partial charge in [0.1, 0.15) is 17.9 Å². The van der Waals surface area contributed by atoms with E-state index in [-0.39, 0.29) is 41.1 Å². The highest BCUT2D eigenvalue weighted by Gasteiger charge is 2.34. The minimum absolute atomic E-state index is 0.146. The molecule has 0 aliphatic carbocycles. The van der Waals surface area contributed by atoms with Gasteiger partial charge in [0.05, 0.1) is 22.6 Å². The number of carboxylic acid groups (broad SMARTS) is 1. The van der Waals surface area contributed by atoms with Crippen LogP contribution in [0.25, 0.3) is 10.9 Å². The summed E-state index contributed by atoms with van der Waals surface area (Å²) in [7, 11) is 0. The van der Waals surface area contributed by atoms with Gasteiger partial charge < -0.3 is 30.8 Å². The Kier molecular flexibility index (Phi) is 3.99. The van der Waals surface area contributed by atoms with Crippen molar-refractivity contribution >= 4 is 28.2 Å². The van der Waals surface area contributed by atoms with E-state index in [1.54, 1.807) is 4.57 Å².